The SMILES string of the molecule is O=C1c2ccccc2-c2occc2CN2[C@@H](c3ccc([N+](=O)[O-])cc3)C[C@@H](c3ccccc3)N12. The van der Waals surface area contributed by atoms with Gasteiger partial charge in [0.2, 0.25) is 0 Å². The number of fused-ring (bicyclic) bond motifs is 4. The zero-order valence-corrected chi connectivity index (χ0v) is 18.2. The fourth-order valence-corrected chi connectivity index (χ4v) is 5.15. The molecule has 3 heterocycles. The number of nitro groups is 1. The van der Waals surface area contributed by atoms with Crippen LogP contribution in [-0.2, 0) is 6.54 Å². The van der Waals surface area contributed by atoms with Crippen LogP contribution in [0.3, 0.4) is 0 Å². The Labute approximate surface area is 196 Å². The molecule has 0 aliphatic carbocycles. The van der Waals surface area contributed by atoms with E-state index in [9.17, 15) is 14.9 Å². The summed E-state index contributed by atoms with van der Waals surface area (Å²) in [6.45, 7) is 0.483. The molecule has 2 atom stereocenters. The minimum absolute atomic E-state index is 0.0491. The van der Waals surface area contributed by atoms with Gasteiger partial charge in [0.25, 0.3) is 11.6 Å². The quantitative estimate of drug-likeness (QED) is 0.286. The van der Waals surface area contributed by atoms with E-state index in [2.05, 4.69) is 5.01 Å². The van der Waals surface area contributed by atoms with Gasteiger partial charge in [0.1, 0.15) is 5.76 Å². The van der Waals surface area contributed by atoms with Crippen LogP contribution < -0.4 is 0 Å². The van der Waals surface area contributed by atoms with Gasteiger partial charge in [-0.25, -0.2) is 5.01 Å². The minimum atomic E-state index is -0.397. The Morgan fingerprint density at radius 2 is 1.50 bits per heavy atom. The van der Waals surface area contributed by atoms with Crippen LogP contribution in [0.1, 0.15) is 45.6 Å². The number of nitro benzene ring substituents is 1. The third-order valence-corrected chi connectivity index (χ3v) is 6.74. The topological polar surface area (TPSA) is 79.8 Å². The Balaban J connectivity index is 1.51. The second kappa shape index (κ2) is 7.97. The van der Waals surface area contributed by atoms with Gasteiger partial charge < -0.3 is 4.42 Å². The van der Waals surface area contributed by atoms with E-state index in [4.69, 9.17) is 4.42 Å². The van der Waals surface area contributed by atoms with Crippen molar-refractivity contribution in [2.75, 3.05) is 0 Å². The van der Waals surface area contributed by atoms with Crippen molar-refractivity contribution in [2.24, 2.45) is 0 Å². The summed E-state index contributed by atoms with van der Waals surface area (Å²) in [6.07, 6.45) is 2.33. The molecule has 1 saturated heterocycles. The molecule has 0 unspecified atom stereocenters. The molecule has 1 fully saturated rings. The summed E-state index contributed by atoms with van der Waals surface area (Å²) in [7, 11) is 0. The third-order valence-electron chi connectivity index (χ3n) is 6.74. The van der Waals surface area contributed by atoms with Crippen molar-refractivity contribution < 1.29 is 14.1 Å². The van der Waals surface area contributed by atoms with E-state index in [-0.39, 0.29) is 23.7 Å². The first-order valence-electron chi connectivity index (χ1n) is 11.2. The molecule has 1 amide bonds. The second-order valence-corrected chi connectivity index (χ2v) is 8.59. The minimum Gasteiger partial charge on any atom is -0.464 e. The van der Waals surface area contributed by atoms with Crippen LogP contribution in [-0.4, -0.2) is 20.8 Å². The molecule has 0 saturated carbocycles. The molecule has 1 aromatic heterocycles. The van der Waals surface area contributed by atoms with E-state index in [1.807, 2.05) is 65.7 Å². The Morgan fingerprint density at radius 3 is 2.24 bits per heavy atom. The molecule has 2 aliphatic rings. The number of hydrogen-bond acceptors (Lipinski definition) is 5. The zero-order valence-electron chi connectivity index (χ0n) is 18.2. The fraction of sp³-hybridized carbons (Fsp3) is 0.148. The van der Waals surface area contributed by atoms with Gasteiger partial charge in [0, 0.05) is 29.8 Å². The molecule has 6 rings (SSSR count). The number of non-ortho nitro benzene ring substituents is 1. The Morgan fingerprint density at radius 1 is 0.824 bits per heavy atom. The molecule has 0 bridgehead atoms. The summed E-state index contributed by atoms with van der Waals surface area (Å²) in [5.74, 6) is 0.616. The molecule has 168 valence electrons. The number of amides is 1. The lowest BCUT2D eigenvalue weighted by molar-refractivity contribution is -0.384. The molecular weight excluding hydrogens is 430 g/mol. The molecule has 7 nitrogen and oxygen atoms in total. The largest absolute Gasteiger partial charge is 0.464 e. The number of carbonyl (C=O) groups is 1. The van der Waals surface area contributed by atoms with Crippen molar-refractivity contribution in [3.8, 4) is 11.3 Å². The van der Waals surface area contributed by atoms with E-state index < -0.39 is 4.92 Å². The van der Waals surface area contributed by atoms with Crippen LogP contribution >= 0.6 is 0 Å². The van der Waals surface area contributed by atoms with E-state index in [0.717, 1.165) is 22.3 Å². The smallest absolute Gasteiger partial charge is 0.269 e. The maximum Gasteiger partial charge on any atom is 0.269 e. The van der Waals surface area contributed by atoms with Gasteiger partial charge in [-0.3, -0.25) is 19.9 Å². The lowest BCUT2D eigenvalue weighted by Gasteiger charge is -2.36. The summed E-state index contributed by atoms with van der Waals surface area (Å²) < 4.78 is 5.84. The van der Waals surface area contributed by atoms with Crippen molar-refractivity contribution >= 4 is 11.6 Å². The first kappa shape index (κ1) is 20.4. The first-order chi connectivity index (χ1) is 16.6. The maximum absolute atomic E-state index is 14.1. The molecule has 34 heavy (non-hydrogen) atoms. The number of hydrazine groups is 1. The molecule has 3 aromatic carbocycles. The van der Waals surface area contributed by atoms with Gasteiger partial charge in [0.15, 0.2) is 0 Å². The Kier molecular flexibility index (Phi) is 4.78. The van der Waals surface area contributed by atoms with Crippen LogP contribution in [0, 0.1) is 10.1 Å². The molecule has 2 aliphatic heterocycles. The van der Waals surface area contributed by atoms with E-state index in [1.54, 1.807) is 18.4 Å². The second-order valence-electron chi connectivity index (χ2n) is 8.59. The summed E-state index contributed by atoms with van der Waals surface area (Å²) in [5, 5.41) is 15.1. The molecule has 0 spiro atoms. The highest BCUT2D eigenvalue weighted by molar-refractivity contribution is 6.01. The number of rotatable bonds is 3. The van der Waals surface area contributed by atoms with Gasteiger partial charge in [0.05, 0.1) is 28.8 Å². The lowest BCUT2D eigenvalue weighted by atomic mass is 9.96. The van der Waals surface area contributed by atoms with E-state index >= 15 is 0 Å². The van der Waals surface area contributed by atoms with Crippen molar-refractivity contribution in [3.63, 3.8) is 0 Å². The Bertz CT molecular complexity index is 1380. The highest BCUT2D eigenvalue weighted by Gasteiger charge is 2.45. The van der Waals surface area contributed by atoms with Crippen LogP contribution in [0.15, 0.2) is 95.6 Å². The highest BCUT2D eigenvalue weighted by atomic mass is 16.6. The lowest BCUT2D eigenvalue weighted by Crippen LogP contribution is -2.43. The number of furan rings is 1. The van der Waals surface area contributed by atoms with E-state index in [0.29, 0.717) is 24.3 Å². The van der Waals surface area contributed by atoms with Gasteiger partial charge in [-0.1, -0.05) is 60.7 Å². The Hall–Kier alpha value is -4.23. The summed E-state index contributed by atoms with van der Waals surface area (Å²) in [4.78, 5) is 24.8. The van der Waals surface area contributed by atoms with Crippen LogP contribution in [0.4, 0.5) is 5.69 Å². The normalized spacial score (nSPS) is 19.6. The number of hydrogen-bond donors (Lipinski definition) is 0. The van der Waals surface area contributed by atoms with Gasteiger partial charge in [-0.2, -0.15) is 0 Å². The third kappa shape index (κ3) is 3.21. The van der Waals surface area contributed by atoms with Gasteiger partial charge in [-0.05, 0) is 29.7 Å². The monoisotopic (exact) mass is 451 g/mol. The molecular formula is C27H21N3O4. The number of benzene rings is 3. The van der Waals surface area contributed by atoms with Gasteiger partial charge in [-0.15, -0.1) is 0 Å². The molecule has 7 heteroatoms. The average molecular weight is 451 g/mol. The van der Waals surface area contributed by atoms with Crippen molar-refractivity contribution in [3.05, 3.63) is 124 Å². The zero-order chi connectivity index (χ0) is 23.2. The van der Waals surface area contributed by atoms with Crippen molar-refractivity contribution in [1.82, 2.24) is 10.0 Å². The van der Waals surface area contributed by atoms with Crippen molar-refractivity contribution in [1.29, 1.82) is 0 Å². The van der Waals surface area contributed by atoms with Crippen LogP contribution in [0.5, 0.6) is 0 Å². The average Bonchev–Trinajstić information content (AvgIpc) is 3.48. The summed E-state index contributed by atoms with van der Waals surface area (Å²) in [6, 6.07) is 25.8. The summed E-state index contributed by atoms with van der Waals surface area (Å²) >= 11 is 0. The van der Waals surface area contributed by atoms with Crippen molar-refractivity contribution in [2.45, 2.75) is 25.0 Å². The maximum atomic E-state index is 14.1. The van der Waals surface area contributed by atoms with Crippen LogP contribution in [0.2, 0.25) is 0 Å². The fourth-order valence-electron chi connectivity index (χ4n) is 5.15. The van der Waals surface area contributed by atoms with Crippen LogP contribution in [0.25, 0.3) is 11.3 Å². The number of carbonyl (C=O) groups excluding carboxylic acids is 1. The van der Waals surface area contributed by atoms with Gasteiger partial charge >= 0.3 is 0 Å². The molecule has 0 radical (unpaired) electrons. The standard InChI is InChI=1S/C27H21N3O4/c31-27-23-9-5-4-8-22(23)26-20(14-15-34-26)17-28-24(19-10-12-21(13-11-19)30(32)33)16-25(29(27)28)18-6-2-1-3-7-18/h1-15,24-25H,16-17H2/t24-,25+/m1/s1. The van der Waals surface area contributed by atoms with E-state index in [1.165, 1.54) is 12.1 Å². The first-order valence-corrected chi connectivity index (χ1v) is 11.2. The highest BCUT2D eigenvalue weighted by Crippen LogP contribution is 2.48. The molecule has 4 aromatic rings. The predicted octanol–water partition coefficient (Wildman–Crippen LogP) is 5.91. The predicted molar refractivity (Wildman–Crippen MR) is 125 cm³/mol. The molecule has 0 N–H and O–H groups in total. The summed E-state index contributed by atoms with van der Waals surface area (Å²) in [5.41, 5.74) is 4.40. The number of nitrogens with zero attached hydrogens (tertiary/aromatic N) is 3.